The molecule has 0 bridgehead atoms. The summed E-state index contributed by atoms with van der Waals surface area (Å²) in [4.78, 5) is 24.6. The van der Waals surface area contributed by atoms with E-state index in [1.165, 1.54) is 23.3 Å². The highest BCUT2D eigenvalue weighted by Gasteiger charge is 2.15. The van der Waals surface area contributed by atoms with Crippen LogP contribution in [0.1, 0.15) is 18.1 Å². The lowest BCUT2D eigenvalue weighted by molar-refractivity contribution is -0.384. The van der Waals surface area contributed by atoms with Crippen molar-refractivity contribution in [2.24, 2.45) is 0 Å². The Morgan fingerprint density at radius 2 is 2.00 bits per heavy atom. The SMILES string of the molecule is CCN(CC(=O)Nc1ccc(Cl)c([N+](=O)[O-])c1)Cc1ccccc1C. The van der Waals surface area contributed by atoms with E-state index in [0.29, 0.717) is 18.8 Å². The standard InChI is InChI=1S/C18H20ClN3O3/c1-3-21(11-14-7-5-4-6-13(14)2)12-18(23)20-15-8-9-16(19)17(10-15)22(24)25/h4-10H,3,11-12H2,1-2H3,(H,20,23). The molecular formula is C18H20ClN3O3. The van der Waals surface area contributed by atoms with Gasteiger partial charge in [0.1, 0.15) is 5.02 Å². The number of nitro benzene ring substituents is 1. The number of rotatable bonds is 7. The van der Waals surface area contributed by atoms with Crippen molar-refractivity contribution in [3.05, 3.63) is 68.7 Å². The zero-order valence-corrected chi connectivity index (χ0v) is 14.9. The van der Waals surface area contributed by atoms with E-state index in [1.807, 2.05) is 43.0 Å². The smallest absolute Gasteiger partial charge is 0.289 e. The van der Waals surface area contributed by atoms with E-state index in [1.54, 1.807) is 6.07 Å². The van der Waals surface area contributed by atoms with Crippen molar-refractivity contribution in [3.8, 4) is 0 Å². The predicted molar refractivity (Wildman–Crippen MR) is 98.9 cm³/mol. The number of nitrogens with zero attached hydrogens (tertiary/aromatic N) is 2. The average molecular weight is 362 g/mol. The van der Waals surface area contributed by atoms with Crippen LogP contribution < -0.4 is 5.32 Å². The Balaban J connectivity index is 2.02. The van der Waals surface area contributed by atoms with Crippen LogP contribution in [-0.2, 0) is 11.3 Å². The molecule has 0 aliphatic carbocycles. The van der Waals surface area contributed by atoms with Crippen LogP contribution in [-0.4, -0.2) is 28.8 Å². The zero-order chi connectivity index (χ0) is 18.4. The molecule has 0 saturated heterocycles. The fraction of sp³-hybridized carbons (Fsp3) is 0.278. The minimum atomic E-state index is -0.575. The molecule has 2 aromatic carbocycles. The first-order chi connectivity index (χ1) is 11.9. The lowest BCUT2D eigenvalue weighted by Crippen LogP contribution is -2.33. The number of amides is 1. The van der Waals surface area contributed by atoms with Crippen LogP contribution in [0.25, 0.3) is 0 Å². The second-order valence-electron chi connectivity index (χ2n) is 5.70. The van der Waals surface area contributed by atoms with Gasteiger partial charge in [-0.05, 0) is 36.7 Å². The number of hydrogen-bond acceptors (Lipinski definition) is 4. The van der Waals surface area contributed by atoms with Gasteiger partial charge in [-0.3, -0.25) is 19.8 Å². The van der Waals surface area contributed by atoms with Gasteiger partial charge in [-0.15, -0.1) is 0 Å². The van der Waals surface area contributed by atoms with E-state index >= 15 is 0 Å². The number of carbonyl (C=O) groups is 1. The van der Waals surface area contributed by atoms with Gasteiger partial charge in [0.25, 0.3) is 5.69 Å². The lowest BCUT2D eigenvalue weighted by Gasteiger charge is -2.21. The van der Waals surface area contributed by atoms with Gasteiger partial charge in [0.15, 0.2) is 0 Å². The molecule has 1 N–H and O–H groups in total. The second kappa shape index (κ2) is 8.60. The Labute approximate surface area is 151 Å². The first kappa shape index (κ1) is 18.9. The summed E-state index contributed by atoms with van der Waals surface area (Å²) in [6.07, 6.45) is 0. The Morgan fingerprint density at radius 1 is 1.28 bits per heavy atom. The summed E-state index contributed by atoms with van der Waals surface area (Å²) < 4.78 is 0. The molecule has 0 saturated carbocycles. The molecule has 0 aliphatic heterocycles. The van der Waals surface area contributed by atoms with E-state index in [2.05, 4.69) is 5.32 Å². The normalized spacial score (nSPS) is 10.7. The highest BCUT2D eigenvalue weighted by atomic mass is 35.5. The molecule has 0 spiro atoms. The minimum Gasteiger partial charge on any atom is -0.325 e. The van der Waals surface area contributed by atoms with Crippen molar-refractivity contribution in [2.75, 3.05) is 18.4 Å². The quantitative estimate of drug-likeness (QED) is 0.597. The van der Waals surface area contributed by atoms with Gasteiger partial charge in [-0.2, -0.15) is 0 Å². The lowest BCUT2D eigenvalue weighted by atomic mass is 10.1. The average Bonchev–Trinajstić information content (AvgIpc) is 2.57. The fourth-order valence-corrected chi connectivity index (χ4v) is 2.63. The van der Waals surface area contributed by atoms with Crippen LogP contribution >= 0.6 is 11.6 Å². The summed E-state index contributed by atoms with van der Waals surface area (Å²) in [6.45, 7) is 5.59. The summed E-state index contributed by atoms with van der Waals surface area (Å²) in [7, 11) is 0. The van der Waals surface area contributed by atoms with Crippen LogP contribution in [0, 0.1) is 17.0 Å². The van der Waals surface area contributed by atoms with Crippen molar-refractivity contribution in [3.63, 3.8) is 0 Å². The molecule has 2 aromatic rings. The number of likely N-dealkylation sites (N-methyl/N-ethyl adjacent to an activating group) is 1. The van der Waals surface area contributed by atoms with E-state index in [4.69, 9.17) is 11.6 Å². The summed E-state index contributed by atoms with van der Waals surface area (Å²) in [5, 5.41) is 13.6. The number of hydrogen-bond donors (Lipinski definition) is 1. The maximum absolute atomic E-state index is 12.3. The number of benzene rings is 2. The van der Waals surface area contributed by atoms with Gasteiger partial charge in [-0.1, -0.05) is 42.8 Å². The summed E-state index contributed by atoms with van der Waals surface area (Å²) in [6, 6.07) is 12.2. The van der Waals surface area contributed by atoms with Gasteiger partial charge in [-0.25, -0.2) is 0 Å². The molecule has 0 aliphatic rings. The van der Waals surface area contributed by atoms with Crippen LogP contribution in [0.3, 0.4) is 0 Å². The largest absolute Gasteiger partial charge is 0.325 e. The maximum Gasteiger partial charge on any atom is 0.289 e. The second-order valence-corrected chi connectivity index (χ2v) is 6.11. The number of halogens is 1. The molecule has 1 amide bonds. The molecule has 6 nitrogen and oxygen atoms in total. The molecule has 7 heteroatoms. The van der Waals surface area contributed by atoms with Crippen LogP contribution in [0.15, 0.2) is 42.5 Å². The molecule has 132 valence electrons. The molecule has 0 aromatic heterocycles. The molecule has 25 heavy (non-hydrogen) atoms. The maximum atomic E-state index is 12.3. The van der Waals surface area contributed by atoms with Gasteiger partial charge >= 0.3 is 0 Å². The Bertz CT molecular complexity index is 780. The van der Waals surface area contributed by atoms with Gasteiger partial charge in [0.05, 0.1) is 11.5 Å². The highest BCUT2D eigenvalue weighted by Crippen LogP contribution is 2.27. The number of anilines is 1. The topological polar surface area (TPSA) is 75.5 Å². The van der Waals surface area contributed by atoms with Crippen LogP contribution in [0.2, 0.25) is 5.02 Å². The summed E-state index contributed by atoms with van der Waals surface area (Å²) >= 11 is 5.78. The van der Waals surface area contributed by atoms with Gasteiger partial charge < -0.3 is 5.32 Å². The number of nitrogens with one attached hydrogen (secondary N) is 1. The summed E-state index contributed by atoms with van der Waals surface area (Å²) in [5.74, 6) is -0.230. The third kappa shape index (κ3) is 5.27. The molecule has 0 unspecified atom stereocenters. The summed E-state index contributed by atoms with van der Waals surface area (Å²) in [5.41, 5.74) is 2.47. The van der Waals surface area contributed by atoms with Crippen molar-refractivity contribution in [2.45, 2.75) is 20.4 Å². The molecule has 2 rings (SSSR count). The van der Waals surface area contributed by atoms with Crippen molar-refractivity contribution >= 4 is 28.9 Å². The van der Waals surface area contributed by atoms with Gasteiger partial charge in [0, 0.05) is 18.3 Å². The molecule has 0 fully saturated rings. The Hall–Kier alpha value is -2.44. The van der Waals surface area contributed by atoms with Crippen LogP contribution in [0.4, 0.5) is 11.4 Å². The van der Waals surface area contributed by atoms with Crippen molar-refractivity contribution < 1.29 is 9.72 Å². The molecular weight excluding hydrogens is 342 g/mol. The number of carbonyl (C=O) groups excluding carboxylic acids is 1. The number of aryl methyl sites for hydroxylation is 1. The first-order valence-corrected chi connectivity index (χ1v) is 8.29. The third-order valence-electron chi connectivity index (χ3n) is 3.90. The zero-order valence-electron chi connectivity index (χ0n) is 14.2. The Morgan fingerprint density at radius 3 is 2.64 bits per heavy atom. The molecule has 0 atom stereocenters. The molecule has 0 radical (unpaired) electrons. The minimum absolute atomic E-state index is 0.0396. The van der Waals surface area contributed by atoms with Crippen LogP contribution in [0.5, 0.6) is 0 Å². The van der Waals surface area contributed by atoms with E-state index in [9.17, 15) is 14.9 Å². The van der Waals surface area contributed by atoms with Crippen molar-refractivity contribution in [1.82, 2.24) is 4.90 Å². The third-order valence-corrected chi connectivity index (χ3v) is 4.22. The molecule has 0 heterocycles. The van der Waals surface area contributed by atoms with Crippen molar-refractivity contribution in [1.29, 1.82) is 0 Å². The first-order valence-electron chi connectivity index (χ1n) is 7.91. The van der Waals surface area contributed by atoms with E-state index < -0.39 is 4.92 Å². The fourth-order valence-electron chi connectivity index (χ4n) is 2.44. The highest BCUT2D eigenvalue weighted by molar-refractivity contribution is 6.32. The van der Waals surface area contributed by atoms with Gasteiger partial charge in [0.2, 0.25) is 5.91 Å². The van der Waals surface area contributed by atoms with E-state index in [0.717, 1.165) is 0 Å². The predicted octanol–water partition coefficient (Wildman–Crippen LogP) is 4.02. The Kier molecular flexibility index (Phi) is 6.50. The number of nitro groups is 1. The monoisotopic (exact) mass is 361 g/mol. The van der Waals surface area contributed by atoms with E-state index in [-0.39, 0.29) is 23.2 Å².